The standard InChI is InChI=1S/C12H16F3NO.ClH/c1-8(2)17-10-5-3-9(4-6-10)11(16)7-12(13,14)15;/h3-6,8,11H,7,16H2,1-2H3;1H/t11-;/m0./s1. The number of nitrogens with two attached hydrogens (primary N) is 1. The van der Waals surface area contributed by atoms with Crippen molar-refractivity contribution in [1.82, 2.24) is 0 Å². The van der Waals surface area contributed by atoms with E-state index in [0.717, 1.165) is 0 Å². The minimum absolute atomic E-state index is 0. The second-order valence-electron chi connectivity index (χ2n) is 4.16. The Morgan fingerprint density at radius 2 is 1.67 bits per heavy atom. The van der Waals surface area contributed by atoms with Crippen LogP contribution in [0.3, 0.4) is 0 Å². The lowest BCUT2D eigenvalue weighted by molar-refractivity contribution is -0.138. The van der Waals surface area contributed by atoms with Crippen molar-refractivity contribution in [3.63, 3.8) is 0 Å². The molecular weight excluding hydrogens is 267 g/mol. The van der Waals surface area contributed by atoms with Gasteiger partial charge in [-0.15, -0.1) is 12.4 Å². The third kappa shape index (κ3) is 6.12. The van der Waals surface area contributed by atoms with Crippen LogP contribution in [0.2, 0.25) is 0 Å². The first kappa shape index (κ1) is 17.1. The molecule has 1 rings (SSSR count). The normalized spacial score (nSPS) is 13.1. The van der Waals surface area contributed by atoms with E-state index < -0.39 is 18.6 Å². The third-order valence-electron chi connectivity index (χ3n) is 2.13. The molecule has 0 spiro atoms. The lowest BCUT2D eigenvalue weighted by Crippen LogP contribution is -2.20. The fourth-order valence-electron chi connectivity index (χ4n) is 1.43. The van der Waals surface area contributed by atoms with E-state index in [-0.39, 0.29) is 18.5 Å². The van der Waals surface area contributed by atoms with Gasteiger partial charge in [-0.1, -0.05) is 12.1 Å². The molecule has 1 aromatic carbocycles. The number of rotatable bonds is 4. The minimum atomic E-state index is -4.24. The van der Waals surface area contributed by atoms with E-state index in [1.807, 2.05) is 13.8 Å². The summed E-state index contributed by atoms with van der Waals surface area (Å²) in [6.45, 7) is 3.76. The van der Waals surface area contributed by atoms with Gasteiger partial charge in [0, 0.05) is 6.04 Å². The zero-order valence-electron chi connectivity index (χ0n) is 10.2. The van der Waals surface area contributed by atoms with Gasteiger partial charge < -0.3 is 10.5 Å². The minimum Gasteiger partial charge on any atom is -0.491 e. The van der Waals surface area contributed by atoms with E-state index in [1.54, 1.807) is 24.3 Å². The molecule has 1 atom stereocenters. The monoisotopic (exact) mass is 283 g/mol. The molecule has 0 aliphatic rings. The second kappa shape index (κ2) is 6.85. The van der Waals surface area contributed by atoms with Crippen LogP contribution in [0.5, 0.6) is 5.75 Å². The van der Waals surface area contributed by atoms with Crippen molar-refractivity contribution in [2.75, 3.05) is 0 Å². The Kier molecular flexibility index (Phi) is 6.49. The Bertz CT molecular complexity index is 351. The van der Waals surface area contributed by atoms with Crippen LogP contribution in [0, 0.1) is 0 Å². The van der Waals surface area contributed by atoms with Crippen LogP contribution in [0.25, 0.3) is 0 Å². The van der Waals surface area contributed by atoms with Crippen LogP contribution in [0.15, 0.2) is 24.3 Å². The van der Waals surface area contributed by atoms with Crippen molar-refractivity contribution < 1.29 is 17.9 Å². The highest BCUT2D eigenvalue weighted by Gasteiger charge is 2.30. The highest BCUT2D eigenvalue weighted by molar-refractivity contribution is 5.85. The zero-order chi connectivity index (χ0) is 13.1. The average Bonchev–Trinajstić information content (AvgIpc) is 2.15. The smallest absolute Gasteiger partial charge is 0.390 e. The molecule has 0 aliphatic carbocycles. The maximum absolute atomic E-state index is 12.1. The molecule has 0 aromatic heterocycles. The fraction of sp³-hybridized carbons (Fsp3) is 0.500. The number of hydrogen-bond acceptors (Lipinski definition) is 2. The summed E-state index contributed by atoms with van der Waals surface area (Å²) in [7, 11) is 0. The van der Waals surface area contributed by atoms with Crippen molar-refractivity contribution in [2.45, 2.75) is 38.6 Å². The molecule has 0 heterocycles. The molecule has 0 unspecified atom stereocenters. The Hall–Kier alpha value is -0.940. The maximum Gasteiger partial charge on any atom is 0.390 e. The van der Waals surface area contributed by atoms with Gasteiger partial charge in [-0.05, 0) is 31.5 Å². The van der Waals surface area contributed by atoms with Gasteiger partial charge in [-0.3, -0.25) is 0 Å². The summed E-state index contributed by atoms with van der Waals surface area (Å²) in [5.74, 6) is 0.628. The molecule has 18 heavy (non-hydrogen) atoms. The Morgan fingerprint density at radius 3 is 2.06 bits per heavy atom. The lowest BCUT2D eigenvalue weighted by atomic mass is 10.0. The summed E-state index contributed by atoms with van der Waals surface area (Å²) in [5, 5.41) is 0. The quantitative estimate of drug-likeness (QED) is 0.911. The van der Waals surface area contributed by atoms with Crippen molar-refractivity contribution in [3.8, 4) is 5.75 Å². The number of hydrogen-bond donors (Lipinski definition) is 1. The van der Waals surface area contributed by atoms with E-state index in [9.17, 15) is 13.2 Å². The highest BCUT2D eigenvalue weighted by Crippen LogP contribution is 2.28. The summed E-state index contributed by atoms with van der Waals surface area (Å²) < 4.78 is 41.8. The third-order valence-corrected chi connectivity index (χ3v) is 2.13. The summed E-state index contributed by atoms with van der Waals surface area (Å²) in [6, 6.07) is 5.36. The van der Waals surface area contributed by atoms with Crippen LogP contribution < -0.4 is 10.5 Å². The molecule has 0 fully saturated rings. The maximum atomic E-state index is 12.1. The van der Waals surface area contributed by atoms with Gasteiger partial charge in [0.1, 0.15) is 5.75 Å². The van der Waals surface area contributed by atoms with Crippen molar-refractivity contribution in [3.05, 3.63) is 29.8 Å². The molecule has 2 nitrogen and oxygen atoms in total. The molecule has 2 N–H and O–H groups in total. The highest BCUT2D eigenvalue weighted by atomic mass is 35.5. The summed E-state index contributed by atoms with van der Waals surface area (Å²) in [6.07, 6.45) is -5.23. The SMILES string of the molecule is CC(C)Oc1ccc([C@@H](N)CC(F)(F)F)cc1.Cl. The van der Waals surface area contributed by atoms with Gasteiger partial charge >= 0.3 is 6.18 Å². The summed E-state index contributed by atoms with van der Waals surface area (Å²) in [5.41, 5.74) is 5.93. The molecular formula is C12H17ClF3NO. The van der Waals surface area contributed by atoms with Crippen LogP contribution in [-0.2, 0) is 0 Å². The molecule has 0 bridgehead atoms. The average molecular weight is 284 g/mol. The zero-order valence-corrected chi connectivity index (χ0v) is 11.0. The van der Waals surface area contributed by atoms with E-state index in [0.29, 0.717) is 11.3 Å². The topological polar surface area (TPSA) is 35.2 Å². The summed E-state index contributed by atoms with van der Waals surface area (Å²) >= 11 is 0. The van der Waals surface area contributed by atoms with Gasteiger partial charge in [-0.25, -0.2) is 0 Å². The molecule has 0 saturated heterocycles. The van der Waals surface area contributed by atoms with E-state index >= 15 is 0 Å². The van der Waals surface area contributed by atoms with Gasteiger partial charge in [0.05, 0.1) is 12.5 Å². The van der Waals surface area contributed by atoms with Gasteiger partial charge in [0.2, 0.25) is 0 Å². The van der Waals surface area contributed by atoms with Crippen LogP contribution in [0.1, 0.15) is 31.9 Å². The lowest BCUT2D eigenvalue weighted by Gasteiger charge is -2.15. The molecule has 104 valence electrons. The Balaban J connectivity index is 0.00000289. The van der Waals surface area contributed by atoms with Gasteiger partial charge in [0.25, 0.3) is 0 Å². The molecule has 0 aliphatic heterocycles. The molecule has 0 saturated carbocycles. The van der Waals surface area contributed by atoms with Gasteiger partial charge in [-0.2, -0.15) is 13.2 Å². The van der Waals surface area contributed by atoms with Crippen molar-refractivity contribution >= 4 is 12.4 Å². The predicted octanol–water partition coefficient (Wildman–Crippen LogP) is 3.85. The van der Waals surface area contributed by atoms with E-state index in [4.69, 9.17) is 10.5 Å². The Labute approximate surface area is 111 Å². The van der Waals surface area contributed by atoms with E-state index in [1.165, 1.54) is 0 Å². The summed E-state index contributed by atoms with van der Waals surface area (Å²) in [4.78, 5) is 0. The van der Waals surface area contributed by atoms with Crippen LogP contribution in [0.4, 0.5) is 13.2 Å². The molecule has 0 radical (unpaired) electrons. The van der Waals surface area contributed by atoms with Crippen LogP contribution in [-0.4, -0.2) is 12.3 Å². The van der Waals surface area contributed by atoms with Gasteiger partial charge in [0.15, 0.2) is 0 Å². The molecule has 0 amide bonds. The van der Waals surface area contributed by atoms with Crippen molar-refractivity contribution in [1.29, 1.82) is 0 Å². The first-order valence-corrected chi connectivity index (χ1v) is 5.37. The number of benzene rings is 1. The van der Waals surface area contributed by atoms with Crippen molar-refractivity contribution in [2.24, 2.45) is 5.73 Å². The molecule has 1 aromatic rings. The first-order chi connectivity index (χ1) is 7.78. The number of halogens is 4. The number of ether oxygens (including phenoxy) is 1. The second-order valence-corrected chi connectivity index (χ2v) is 4.16. The van der Waals surface area contributed by atoms with E-state index in [2.05, 4.69) is 0 Å². The Morgan fingerprint density at radius 1 is 1.17 bits per heavy atom. The number of alkyl halides is 3. The first-order valence-electron chi connectivity index (χ1n) is 5.37. The fourth-order valence-corrected chi connectivity index (χ4v) is 1.43. The molecule has 6 heteroatoms. The van der Waals surface area contributed by atoms with Crippen LogP contribution >= 0.6 is 12.4 Å². The predicted molar refractivity (Wildman–Crippen MR) is 67.1 cm³/mol. The largest absolute Gasteiger partial charge is 0.491 e.